The van der Waals surface area contributed by atoms with Gasteiger partial charge in [-0.05, 0) is 48.2 Å². The fourth-order valence-corrected chi connectivity index (χ4v) is 3.83. The highest BCUT2D eigenvalue weighted by Crippen LogP contribution is 2.25. The minimum Gasteiger partial charge on any atom is -0.494 e. The summed E-state index contributed by atoms with van der Waals surface area (Å²) in [5, 5.41) is 7.61. The van der Waals surface area contributed by atoms with E-state index in [1.165, 1.54) is 0 Å². The molecule has 5 rings (SSSR count). The van der Waals surface area contributed by atoms with Crippen LogP contribution in [0.15, 0.2) is 66.3 Å². The van der Waals surface area contributed by atoms with Gasteiger partial charge in [0.2, 0.25) is 0 Å². The van der Waals surface area contributed by atoms with Gasteiger partial charge in [-0.25, -0.2) is 14.5 Å². The second-order valence-corrected chi connectivity index (χ2v) is 7.37. The summed E-state index contributed by atoms with van der Waals surface area (Å²) in [6, 6.07) is 17.8. The second kappa shape index (κ2) is 7.52. The molecule has 0 aliphatic carbocycles. The van der Waals surface area contributed by atoms with Crippen LogP contribution < -0.4 is 9.47 Å². The van der Waals surface area contributed by atoms with Crippen molar-refractivity contribution in [3.8, 4) is 22.9 Å². The molecule has 5 aromatic rings. The van der Waals surface area contributed by atoms with Crippen LogP contribution in [0.1, 0.15) is 12.5 Å². The normalized spacial score (nSPS) is 11.2. The molecule has 0 radical (unpaired) electrons. The molecule has 0 aliphatic heterocycles. The first kappa shape index (κ1) is 17.6. The summed E-state index contributed by atoms with van der Waals surface area (Å²) in [4.78, 5) is 10.1. The highest BCUT2D eigenvalue weighted by molar-refractivity contribution is 7.16. The molecule has 3 heterocycles. The van der Waals surface area contributed by atoms with Gasteiger partial charge in [0.1, 0.15) is 29.3 Å². The minimum absolute atomic E-state index is 0.492. The van der Waals surface area contributed by atoms with Crippen molar-refractivity contribution in [1.29, 1.82) is 0 Å². The van der Waals surface area contributed by atoms with Gasteiger partial charge in [-0.3, -0.25) is 0 Å². The van der Waals surface area contributed by atoms with Gasteiger partial charge in [0.05, 0.1) is 12.0 Å². The standard InChI is InChI=1S/C22H18N4O2S/c1-2-27-17-7-9-18(10-8-17)28-13-15-3-5-16(6-4-15)20-24-21-19-11-12-29-22(19)23-14-26(21)25-20/h3-12,14H,2,13H2,1H3. The van der Waals surface area contributed by atoms with E-state index >= 15 is 0 Å². The second-order valence-electron chi connectivity index (χ2n) is 6.48. The first-order valence-corrected chi connectivity index (χ1v) is 10.2. The summed E-state index contributed by atoms with van der Waals surface area (Å²) in [7, 11) is 0. The van der Waals surface area contributed by atoms with Crippen LogP contribution in [0.4, 0.5) is 0 Å². The molecule has 0 bridgehead atoms. The van der Waals surface area contributed by atoms with E-state index in [2.05, 4.69) is 10.1 Å². The van der Waals surface area contributed by atoms with Crippen molar-refractivity contribution in [2.45, 2.75) is 13.5 Å². The third kappa shape index (κ3) is 3.52. The Balaban J connectivity index is 1.31. The van der Waals surface area contributed by atoms with E-state index in [0.717, 1.165) is 38.5 Å². The van der Waals surface area contributed by atoms with Gasteiger partial charge in [-0.2, -0.15) is 0 Å². The molecule has 0 saturated carbocycles. The fraction of sp³-hybridized carbons (Fsp3) is 0.136. The van der Waals surface area contributed by atoms with Gasteiger partial charge in [-0.15, -0.1) is 16.4 Å². The molecule has 29 heavy (non-hydrogen) atoms. The Morgan fingerprint density at radius 3 is 2.45 bits per heavy atom. The molecule has 3 aromatic heterocycles. The Hall–Kier alpha value is -3.45. The van der Waals surface area contributed by atoms with E-state index in [1.807, 2.05) is 66.9 Å². The number of thiophene rings is 1. The number of aromatic nitrogens is 4. The van der Waals surface area contributed by atoms with Crippen LogP contribution in [0.2, 0.25) is 0 Å². The summed E-state index contributed by atoms with van der Waals surface area (Å²) in [6.45, 7) is 3.12. The summed E-state index contributed by atoms with van der Waals surface area (Å²) in [5.74, 6) is 2.34. The van der Waals surface area contributed by atoms with Gasteiger partial charge in [0.15, 0.2) is 11.5 Å². The Bertz CT molecular complexity index is 1260. The number of hydrogen-bond acceptors (Lipinski definition) is 6. The molecule has 7 heteroatoms. The predicted molar refractivity (Wildman–Crippen MR) is 114 cm³/mol. The molecular formula is C22H18N4O2S. The van der Waals surface area contributed by atoms with Crippen molar-refractivity contribution in [1.82, 2.24) is 19.6 Å². The van der Waals surface area contributed by atoms with Gasteiger partial charge in [0.25, 0.3) is 0 Å². The molecule has 0 fully saturated rings. The maximum absolute atomic E-state index is 5.86. The topological polar surface area (TPSA) is 61.5 Å². The molecule has 0 N–H and O–H groups in total. The number of ether oxygens (including phenoxy) is 2. The Morgan fingerprint density at radius 2 is 1.69 bits per heavy atom. The molecular weight excluding hydrogens is 384 g/mol. The molecule has 0 atom stereocenters. The van der Waals surface area contributed by atoms with Crippen molar-refractivity contribution < 1.29 is 9.47 Å². The molecule has 144 valence electrons. The maximum atomic E-state index is 5.86. The fourth-order valence-electron chi connectivity index (χ4n) is 3.10. The zero-order valence-electron chi connectivity index (χ0n) is 15.8. The van der Waals surface area contributed by atoms with Crippen molar-refractivity contribution in [3.05, 3.63) is 71.9 Å². The van der Waals surface area contributed by atoms with Crippen molar-refractivity contribution in [2.75, 3.05) is 6.61 Å². The lowest BCUT2D eigenvalue weighted by atomic mass is 10.1. The SMILES string of the molecule is CCOc1ccc(OCc2ccc(-c3nc4c5ccsc5ncn4n3)cc2)cc1. The van der Waals surface area contributed by atoms with E-state index < -0.39 is 0 Å². The summed E-state index contributed by atoms with van der Waals surface area (Å²) in [6.07, 6.45) is 1.71. The average molecular weight is 402 g/mol. The van der Waals surface area contributed by atoms with Crippen molar-refractivity contribution in [3.63, 3.8) is 0 Å². The van der Waals surface area contributed by atoms with Crippen LogP contribution in [-0.2, 0) is 6.61 Å². The number of rotatable bonds is 6. The quantitative estimate of drug-likeness (QED) is 0.401. The number of benzene rings is 2. The highest BCUT2D eigenvalue weighted by Gasteiger charge is 2.10. The number of fused-ring (bicyclic) bond motifs is 3. The molecule has 0 saturated heterocycles. The molecule has 0 aliphatic rings. The van der Waals surface area contributed by atoms with Crippen LogP contribution in [0.3, 0.4) is 0 Å². The lowest BCUT2D eigenvalue weighted by Gasteiger charge is -2.08. The predicted octanol–water partition coefficient (Wildman–Crippen LogP) is 4.98. The van der Waals surface area contributed by atoms with E-state index in [0.29, 0.717) is 19.0 Å². The Labute approximate surface area is 171 Å². The van der Waals surface area contributed by atoms with E-state index in [-0.39, 0.29) is 0 Å². The maximum Gasteiger partial charge on any atom is 0.182 e. The van der Waals surface area contributed by atoms with Gasteiger partial charge in [0, 0.05) is 5.56 Å². The van der Waals surface area contributed by atoms with E-state index in [1.54, 1.807) is 22.2 Å². The minimum atomic E-state index is 0.492. The Kier molecular flexibility index (Phi) is 4.57. The van der Waals surface area contributed by atoms with Crippen LogP contribution in [-0.4, -0.2) is 26.2 Å². The summed E-state index contributed by atoms with van der Waals surface area (Å²) in [5.41, 5.74) is 2.87. The molecule has 6 nitrogen and oxygen atoms in total. The first-order chi connectivity index (χ1) is 14.3. The largest absolute Gasteiger partial charge is 0.494 e. The van der Waals surface area contributed by atoms with Crippen molar-refractivity contribution in [2.24, 2.45) is 0 Å². The van der Waals surface area contributed by atoms with Gasteiger partial charge >= 0.3 is 0 Å². The summed E-state index contributed by atoms with van der Waals surface area (Å²) < 4.78 is 13.0. The van der Waals surface area contributed by atoms with Crippen LogP contribution >= 0.6 is 11.3 Å². The van der Waals surface area contributed by atoms with E-state index in [4.69, 9.17) is 14.5 Å². The monoisotopic (exact) mass is 402 g/mol. The molecule has 0 spiro atoms. The average Bonchev–Trinajstić information content (AvgIpc) is 3.40. The first-order valence-electron chi connectivity index (χ1n) is 9.34. The lowest BCUT2D eigenvalue weighted by molar-refractivity contribution is 0.304. The lowest BCUT2D eigenvalue weighted by Crippen LogP contribution is -1.96. The molecule has 0 unspecified atom stereocenters. The van der Waals surface area contributed by atoms with Gasteiger partial charge < -0.3 is 9.47 Å². The smallest absolute Gasteiger partial charge is 0.182 e. The number of nitrogens with zero attached hydrogens (tertiary/aromatic N) is 4. The summed E-state index contributed by atoms with van der Waals surface area (Å²) >= 11 is 1.60. The van der Waals surface area contributed by atoms with Crippen molar-refractivity contribution >= 4 is 27.2 Å². The van der Waals surface area contributed by atoms with E-state index in [9.17, 15) is 0 Å². The highest BCUT2D eigenvalue weighted by atomic mass is 32.1. The third-order valence-electron chi connectivity index (χ3n) is 4.55. The van der Waals surface area contributed by atoms with Crippen LogP contribution in [0.25, 0.3) is 27.3 Å². The zero-order valence-corrected chi connectivity index (χ0v) is 16.6. The van der Waals surface area contributed by atoms with Gasteiger partial charge in [-0.1, -0.05) is 24.3 Å². The molecule has 2 aromatic carbocycles. The van der Waals surface area contributed by atoms with Crippen LogP contribution in [0.5, 0.6) is 11.5 Å². The zero-order chi connectivity index (χ0) is 19.6. The van der Waals surface area contributed by atoms with Crippen LogP contribution in [0, 0.1) is 0 Å². The molecule has 0 amide bonds. The number of hydrogen-bond donors (Lipinski definition) is 0. The third-order valence-corrected chi connectivity index (χ3v) is 5.37. The Morgan fingerprint density at radius 1 is 0.931 bits per heavy atom.